The monoisotopic (exact) mass is 421 g/mol. The highest BCUT2D eigenvalue weighted by Crippen LogP contribution is 2.49. The molecule has 3 rings (SSSR count). The maximum atomic E-state index is 12.2. The average molecular weight is 422 g/mol. The molecule has 1 aromatic heterocycles. The van der Waals surface area contributed by atoms with E-state index in [1.165, 1.54) is 6.92 Å². The summed E-state index contributed by atoms with van der Waals surface area (Å²) in [5, 5.41) is 0. The Kier molecular flexibility index (Phi) is 5.80. The largest absolute Gasteiger partial charge is 0.466 e. The van der Waals surface area contributed by atoms with E-state index in [-0.39, 0.29) is 47.6 Å². The average Bonchev–Trinajstić information content (AvgIpc) is 2.86. The van der Waals surface area contributed by atoms with Gasteiger partial charge in [-0.2, -0.15) is 0 Å². The van der Waals surface area contributed by atoms with Crippen molar-refractivity contribution in [1.82, 2.24) is 4.98 Å². The van der Waals surface area contributed by atoms with Gasteiger partial charge >= 0.3 is 11.9 Å². The topological polar surface area (TPSA) is 65.5 Å². The minimum absolute atomic E-state index is 0.0823. The highest BCUT2D eigenvalue weighted by molar-refractivity contribution is 9.10. The number of aromatic nitrogens is 1. The van der Waals surface area contributed by atoms with Gasteiger partial charge in [-0.3, -0.25) is 14.6 Å². The Hall–Kier alpha value is -1.69. The summed E-state index contributed by atoms with van der Waals surface area (Å²) < 4.78 is 11.8. The maximum Gasteiger partial charge on any atom is 0.309 e. The zero-order valence-electron chi connectivity index (χ0n) is 15.2. The van der Waals surface area contributed by atoms with E-state index < -0.39 is 0 Å². The molecule has 2 heterocycles. The zero-order valence-corrected chi connectivity index (χ0v) is 16.8. The summed E-state index contributed by atoms with van der Waals surface area (Å²) in [4.78, 5) is 28.0. The molecule has 1 aromatic rings. The van der Waals surface area contributed by atoms with Crippen LogP contribution in [-0.4, -0.2) is 29.6 Å². The number of hydrogen-bond donors (Lipinski definition) is 0. The molecule has 0 aromatic carbocycles. The van der Waals surface area contributed by atoms with Crippen LogP contribution in [0.15, 0.2) is 28.9 Å². The fourth-order valence-electron chi connectivity index (χ4n) is 4.36. The van der Waals surface area contributed by atoms with Gasteiger partial charge in [0.05, 0.1) is 18.2 Å². The molecule has 1 aliphatic heterocycles. The normalized spacial score (nSPS) is 33.8. The molecule has 1 saturated heterocycles. The first kappa shape index (κ1) is 19.1. The zero-order chi connectivity index (χ0) is 18.8. The van der Waals surface area contributed by atoms with Crippen LogP contribution in [0, 0.1) is 29.6 Å². The minimum atomic E-state index is -0.275. The van der Waals surface area contributed by atoms with Crippen molar-refractivity contribution in [2.45, 2.75) is 33.3 Å². The quantitative estimate of drug-likeness (QED) is 0.690. The van der Waals surface area contributed by atoms with Gasteiger partial charge in [0.25, 0.3) is 0 Å². The van der Waals surface area contributed by atoms with Crippen LogP contribution < -0.4 is 0 Å². The number of hydrogen-bond acceptors (Lipinski definition) is 5. The van der Waals surface area contributed by atoms with Gasteiger partial charge in [-0.15, -0.1) is 0 Å². The van der Waals surface area contributed by atoms with Crippen molar-refractivity contribution >= 4 is 33.9 Å². The predicted molar refractivity (Wildman–Crippen MR) is 101 cm³/mol. The molecule has 5 nitrogen and oxygen atoms in total. The summed E-state index contributed by atoms with van der Waals surface area (Å²) in [5.41, 5.74) is 0.854. The third-order valence-corrected chi connectivity index (χ3v) is 6.09. The molecule has 0 unspecified atom stereocenters. The first-order chi connectivity index (χ1) is 12.4. The third-order valence-electron chi connectivity index (χ3n) is 5.63. The van der Waals surface area contributed by atoms with Crippen LogP contribution in [0.2, 0.25) is 0 Å². The summed E-state index contributed by atoms with van der Waals surface area (Å²) in [6.45, 7) is 5.88. The van der Waals surface area contributed by atoms with E-state index >= 15 is 0 Å². The Morgan fingerprint density at radius 1 is 1.42 bits per heavy atom. The van der Waals surface area contributed by atoms with Crippen molar-refractivity contribution in [3.63, 3.8) is 0 Å². The van der Waals surface area contributed by atoms with Crippen LogP contribution in [0.3, 0.4) is 0 Å². The Morgan fingerprint density at radius 3 is 2.85 bits per heavy atom. The lowest BCUT2D eigenvalue weighted by atomic mass is 9.62. The Bertz CT molecular complexity index is 702. The molecule has 1 saturated carbocycles. The first-order valence-electron chi connectivity index (χ1n) is 9.00. The number of pyridine rings is 1. The number of allylic oxidation sites excluding steroid dienone is 1. The van der Waals surface area contributed by atoms with Gasteiger partial charge in [-0.1, -0.05) is 13.0 Å². The van der Waals surface area contributed by atoms with Crippen LogP contribution in [0.25, 0.3) is 6.08 Å². The Labute approximate surface area is 162 Å². The minimum Gasteiger partial charge on any atom is -0.466 e. The number of carbonyl (C=O) groups excluding carboxylic acids is 2. The molecule has 6 atom stereocenters. The number of rotatable bonds is 4. The molecule has 0 bridgehead atoms. The van der Waals surface area contributed by atoms with Gasteiger partial charge in [-0.25, -0.2) is 0 Å². The van der Waals surface area contributed by atoms with Crippen molar-refractivity contribution in [2.75, 3.05) is 6.61 Å². The predicted octanol–water partition coefficient (Wildman–Crippen LogP) is 3.87. The highest BCUT2D eigenvalue weighted by Gasteiger charge is 2.52. The van der Waals surface area contributed by atoms with Crippen molar-refractivity contribution < 1.29 is 19.1 Å². The SMILES string of the molecule is CC(=O)OC[C@H]1[C@H](C=Cc2ccc(Br)cn2)[C@@H]2[C@@H](C)OC(=O)[C@@H]2C[C@@H]1C. The Morgan fingerprint density at radius 2 is 2.19 bits per heavy atom. The van der Waals surface area contributed by atoms with Crippen molar-refractivity contribution in [2.24, 2.45) is 29.6 Å². The highest BCUT2D eigenvalue weighted by atomic mass is 79.9. The van der Waals surface area contributed by atoms with Gasteiger partial charge < -0.3 is 9.47 Å². The van der Waals surface area contributed by atoms with Crippen LogP contribution in [0.4, 0.5) is 0 Å². The summed E-state index contributed by atoms with van der Waals surface area (Å²) in [6.07, 6.45) is 6.51. The van der Waals surface area contributed by atoms with Gasteiger partial charge in [-0.05, 0) is 59.3 Å². The molecule has 140 valence electrons. The molecule has 6 heteroatoms. The summed E-state index contributed by atoms with van der Waals surface area (Å²) in [7, 11) is 0. The van der Waals surface area contributed by atoms with Gasteiger partial charge in [0.2, 0.25) is 0 Å². The molecule has 26 heavy (non-hydrogen) atoms. The Balaban J connectivity index is 1.88. The second kappa shape index (κ2) is 7.91. The van der Waals surface area contributed by atoms with Gasteiger partial charge in [0.15, 0.2) is 0 Å². The van der Waals surface area contributed by atoms with Crippen molar-refractivity contribution in [3.05, 3.63) is 34.6 Å². The lowest BCUT2D eigenvalue weighted by Crippen LogP contribution is -2.42. The number of cyclic esters (lactones) is 1. The van der Waals surface area contributed by atoms with Gasteiger partial charge in [0, 0.05) is 29.4 Å². The van der Waals surface area contributed by atoms with E-state index in [0.717, 1.165) is 16.6 Å². The summed E-state index contributed by atoms with van der Waals surface area (Å²) in [5.74, 6) is 0.163. The fraction of sp³-hybridized carbons (Fsp3) is 0.550. The molecule has 2 aliphatic rings. The smallest absolute Gasteiger partial charge is 0.309 e. The van der Waals surface area contributed by atoms with E-state index in [9.17, 15) is 9.59 Å². The fourth-order valence-corrected chi connectivity index (χ4v) is 4.60. The molecular weight excluding hydrogens is 398 g/mol. The second-order valence-electron chi connectivity index (χ2n) is 7.34. The second-order valence-corrected chi connectivity index (χ2v) is 8.26. The van der Waals surface area contributed by atoms with Crippen LogP contribution in [0.1, 0.15) is 32.9 Å². The van der Waals surface area contributed by atoms with Crippen molar-refractivity contribution in [1.29, 1.82) is 0 Å². The van der Waals surface area contributed by atoms with Gasteiger partial charge in [0.1, 0.15) is 6.10 Å². The molecule has 0 radical (unpaired) electrons. The van der Waals surface area contributed by atoms with Crippen LogP contribution in [-0.2, 0) is 19.1 Å². The molecule has 0 N–H and O–H groups in total. The van der Waals surface area contributed by atoms with E-state index in [1.54, 1.807) is 6.20 Å². The van der Waals surface area contributed by atoms with E-state index in [1.807, 2.05) is 25.1 Å². The van der Waals surface area contributed by atoms with Crippen LogP contribution >= 0.6 is 15.9 Å². The number of esters is 2. The number of fused-ring (bicyclic) bond motifs is 1. The molecule has 0 amide bonds. The van der Waals surface area contributed by atoms with E-state index in [2.05, 4.69) is 33.9 Å². The number of carbonyl (C=O) groups is 2. The van der Waals surface area contributed by atoms with E-state index in [4.69, 9.17) is 9.47 Å². The molecule has 0 spiro atoms. The summed E-state index contributed by atoms with van der Waals surface area (Å²) in [6, 6.07) is 3.88. The van der Waals surface area contributed by atoms with E-state index in [0.29, 0.717) is 6.61 Å². The van der Waals surface area contributed by atoms with Crippen LogP contribution in [0.5, 0.6) is 0 Å². The molecule has 1 aliphatic carbocycles. The molecular formula is C20H24BrNO4. The summed E-state index contributed by atoms with van der Waals surface area (Å²) >= 11 is 3.39. The molecule has 2 fully saturated rings. The third kappa shape index (κ3) is 4.00. The first-order valence-corrected chi connectivity index (χ1v) is 9.79. The number of halogens is 1. The van der Waals surface area contributed by atoms with Crippen molar-refractivity contribution in [3.8, 4) is 0 Å². The maximum absolute atomic E-state index is 12.2. The standard InChI is InChI=1S/C20H24BrNO4/c1-11-8-17-19(12(2)26-20(17)24)16(18(11)10-25-13(3)23)7-6-15-5-4-14(21)9-22-15/h4-7,9,11-12,16-19H,8,10H2,1-3H3/t11-,12+,16-,17+,18+,19-/m0/s1. The number of ether oxygens (including phenoxy) is 2. The lowest BCUT2D eigenvalue weighted by Gasteiger charge is -2.41. The number of nitrogens with zero attached hydrogens (tertiary/aromatic N) is 1. The lowest BCUT2D eigenvalue weighted by molar-refractivity contribution is -0.146.